The lowest BCUT2D eigenvalue weighted by Gasteiger charge is -2.19. The molecule has 0 spiro atoms. The lowest BCUT2D eigenvalue weighted by Crippen LogP contribution is -2.33. The van der Waals surface area contributed by atoms with Crippen LogP contribution in [0, 0.1) is 0 Å². The smallest absolute Gasteiger partial charge is 0.407 e. The third-order valence-electron chi connectivity index (χ3n) is 2.06. The molecule has 0 aromatic carbocycles. The Morgan fingerprint density at radius 1 is 1.32 bits per heavy atom. The van der Waals surface area contributed by atoms with Crippen LogP contribution < -0.4 is 16.8 Å². The van der Waals surface area contributed by atoms with Crippen molar-refractivity contribution < 1.29 is 9.53 Å². The topological polar surface area (TPSA) is 90.4 Å². The minimum Gasteiger partial charge on any atom is -0.444 e. The summed E-state index contributed by atoms with van der Waals surface area (Å²) in [5, 5.41) is 2.67. The average molecular weight is 267 g/mol. The summed E-state index contributed by atoms with van der Waals surface area (Å²) >= 11 is 0. The van der Waals surface area contributed by atoms with E-state index in [0.717, 1.165) is 5.57 Å². The van der Waals surface area contributed by atoms with Crippen LogP contribution >= 0.6 is 0 Å². The SMILES string of the molecule is C=C(N)/C=C(/CCCNC(=O)OC(C)(C)C)C(=C)N. The first-order valence-electron chi connectivity index (χ1n) is 6.18. The fourth-order valence-corrected chi connectivity index (χ4v) is 1.33. The molecule has 0 rings (SSSR count). The van der Waals surface area contributed by atoms with E-state index in [9.17, 15) is 4.79 Å². The summed E-state index contributed by atoms with van der Waals surface area (Å²) in [4.78, 5) is 11.4. The first-order valence-corrected chi connectivity index (χ1v) is 6.18. The molecule has 0 aromatic rings. The second-order valence-corrected chi connectivity index (χ2v) is 5.30. The van der Waals surface area contributed by atoms with Crippen molar-refractivity contribution in [2.75, 3.05) is 6.54 Å². The third kappa shape index (κ3) is 9.76. The molecule has 5 N–H and O–H groups in total. The Morgan fingerprint density at radius 2 is 1.89 bits per heavy atom. The number of nitrogens with one attached hydrogen (secondary N) is 1. The number of rotatable bonds is 6. The molecule has 0 saturated heterocycles. The van der Waals surface area contributed by atoms with Crippen molar-refractivity contribution >= 4 is 6.09 Å². The molecule has 0 aliphatic carbocycles. The van der Waals surface area contributed by atoms with Crippen LogP contribution in [-0.4, -0.2) is 18.2 Å². The van der Waals surface area contributed by atoms with Gasteiger partial charge in [0.2, 0.25) is 0 Å². The van der Waals surface area contributed by atoms with Gasteiger partial charge in [0.05, 0.1) is 0 Å². The molecule has 1 amide bonds. The van der Waals surface area contributed by atoms with E-state index >= 15 is 0 Å². The molecule has 19 heavy (non-hydrogen) atoms. The number of hydrogen-bond acceptors (Lipinski definition) is 4. The molecule has 0 heterocycles. The normalized spacial score (nSPS) is 11.8. The molecule has 0 unspecified atom stereocenters. The van der Waals surface area contributed by atoms with Crippen LogP contribution in [0.5, 0.6) is 0 Å². The largest absolute Gasteiger partial charge is 0.444 e. The second kappa shape index (κ2) is 7.51. The van der Waals surface area contributed by atoms with Gasteiger partial charge >= 0.3 is 6.09 Å². The van der Waals surface area contributed by atoms with Gasteiger partial charge in [-0.15, -0.1) is 0 Å². The summed E-state index contributed by atoms with van der Waals surface area (Å²) < 4.78 is 5.12. The lowest BCUT2D eigenvalue weighted by atomic mass is 10.1. The van der Waals surface area contributed by atoms with E-state index in [4.69, 9.17) is 16.2 Å². The van der Waals surface area contributed by atoms with E-state index in [1.54, 1.807) is 6.08 Å². The van der Waals surface area contributed by atoms with Crippen LogP contribution in [0.1, 0.15) is 33.6 Å². The Kier molecular flexibility index (Phi) is 6.75. The van der Waals surface area contributed by atoms with Gasteiger partial charge in [0.15, 0.2) is 0 Å². The summed E-state index contributed by atoms with van der Waals surface area (Å²) in [6.45, 7) is 13.2. The molecule has 0 saturated carbocycles. The van der Waals surface area contributed by atoms with E-state index in [-0.39, 0.29) is 0 Å². The molecule has 5 nitrogen and oxygen atoms in total. The molecule has 0 bridgehead atoms. The number of carbonyl (C=O) groups is 1. The van der Waals surface area contributed by atoms with Gasteiger partial charge in [0.1, 0.15) is 5.60 Å². The van der Waals surface area contributed by atoms with Gasteiger partial charge in [0.25, 0.3) is 0 Å². The summed E-state index contributed by atoms with van der Waals surface area (Å²) in [6, 6.07) is 0. The Balaban J connectivity index is 4.06. The van der Waals surface area contributed by atoms with Crippen molar-refractivity contribution in [3.8, 4) is 0 Å². The highest BCUT2D eigenvalue weighted by molar-refractivity contribution is 5.67. The lowest BCUT2D eigenvalue weighted by molar-refractivity contribution is 0.0527. The van der Waals surface area contributed by atoms with Crippen LogP contribution in [0.2, 0.25) is 0 Å². The molecule has 0 radical (unpaired) electrons. The number of amides is 1. The van der Waals surface area contributed by atoms with E-state index in [1.807, 2.05) is 20.8 Å². The quantitative estimate of drug-likeness (QED) is 0.508. The summed E-state index contributed by atoms with van der Waals surface area (Å²) in [7, 11) is 0. The molecule has 0 aliphatic heterocycles. The first kappa shape index (κ1) is 17.1. The Morgan fingerprint density at radius 3 is 2.32 bits per heavy atom. The number of nitrogens with two attached hydrogens (primary N) is 2. The number of carbonyl (C=O) groups excluding carboxylic acids is 1. The van der Waals surface area contributed by atoms with Gasteiger partial charge in [-0.05, 0) is 45.3 Å². The van der Waals surface area contributed by atoms with Crippen LogP contribution in [0.25, 0.3) is 0 Å². The van der Waals surface area contributed by atoms with Crippen molar-refractivity contribution in [1.82, 2.24) is 5.32 Å². The van der Waals surface area contributed by atoms with E-state index < -0.39 is 11.7 Å². The maximum atomic E-state index is 11.4. The highest BCUT2D eigenvalue weighted by atomic mass is 16.6. The first-order chi connectivity index (χ1) is 8.61. The van der Waals surface area contributed by atoms with Gasteiger partial charge < -0.3 is 21.5 Å². The Bertz CT molecular complexity index is 379. The molecular weight excluding hydrogens is 242 g/mol. The van der Waals surface area contributed by atoms with Crippen molar-refractivity contribution in [3.63, 3.8) is 0 Å². The molecule has 5 heteroatoms. The zero-order valence-corrected chi connectivity index (χ0v) is 12.1. The van der Waals surface area contributed by atoms with Crippen LogP contribution in [0.3, 0.4) is 0 Å². The van der Waals surface area contributed by atoms with E-state index in [2.05, 4.69) is 18.5 Å². The monoisotopic (exact) mass is 267 g/mol. The molecular formula is C14H25N3O2. The number of hydrogen-bond donors (Lipinski definition) is 3. The predicted octanol–water partition coefficient (Wildman–Crippen LogP) is 2.16. The van der Waals surface area contributed by atoms with E-state index in [1.165, 1.54) is 0 Å². The number of allylic oxidation sites excluding steroid dienone is 2. The van der Waals surface area contributed by atoms with Crippen molar-refractivity contribution in [2.24, 2.45) is 11.5 Å². The molecule has 0 fully saturated rings. The van der Waals surface area contributed by atoms with Gasteiger partial charge in [-0.25, -0.2) is 4.79 Å². The number of alkyl carbamates (subject to hydrolysis) is 1. The molecule has 0 atom stereocenters. The van der Waals surface area contributed by atoms with Crippen molar-refractivity contribution in [3.05, 3.63) is 36.2 Å². The zero-order chi connectivity index (χ0) is 15.1. The van der Waals surface area contributed by atoms with Crippen LogP contribution in [0.15, 0.2) is 36.2 Å². The van der Waals surface area contributed by atoms with E-state index in [0.29, 0.717) is 30.8 Å². The Labute approximate surface area is 115 Å². The summed E-state index contributed by atoms with van der Waals surface area (Å²) in [5.74, 6) is 0. The minimum absolute atomic E-state index is 0.423. The second-order valence-electron chi connectivity index (χ2n) is 5.30. The zero-order valence-electron chi connectivity index (χ0n) is 12.1. The van der Waals surface area contributed by atoms with Crippen LogP contribution in [0.4, 0.5) is 4.79 Å². The maximum absolute atomic E-state index is 11.4. The maximum Gasteiger partial charge on any atom is 0.407 e. The van der Waals surface area contributed by atoms with Gasteiger partial charge in [-0.3, -0.25) is 0 Å². The highest BCUT2D eigenvalue weighted by Gasteiger charge is 2.15. The molecule has 108 valence electrons. The number of ether oxygens (including phenoxy) is 1. The Hall–Kier alpha value is -1.91. The summed E-state index contributed by atoms with van der Waals surface area (Å²) in [6.07, 6.45) is 2.65. The standard InChI is InChI=1S/C14H25N3O2/c1-10(15)9-12(11(2)16)7-6-8-17-13(18)19-14(3,4)5/h9H,1-2,6-8,15-16H2,3-5H3,(H,17,18)/b12-9-. The molecule has 0 aliphatic rings. The third-order valence-corrected chi connectivity index (χ3v) is 2.06. The fraction of sp³-hybridized carbons (Fsp3) is 0.500. The predicted molar refractivity (Wildman–Crippen MR) is 78.2 cm³/mol. The van der Waals surface area contributed by atoms with Gasteiger partial charge in [0, 0.05) is 17.9 Å². The average Bonchev–Trinajstić information content (AvgIpc) is 2.19. The van der Waals surface area contributed by atoms with Crippen LogP contribution in [-0.2, 0) is 4.74 Å². The van der Waals surface area contributed by atoms with Crippen molar-refractivity contribution in [2.45, 2.75) is 39.2 Å². The van der Waals surface area contributed by atoms with Gasteiger partial charge in [-0.2, -0.15) is 0 Å². The highest BCUT2D eigenvalue weighted by Crippen LogP contribution is 2.11. The fourth-order valence-electron chi connectivity index (χ4n) is 1.33. The van der Waals surface area contributed by atoms with Crippen molar-refractivity contribution in [1.29, 1.82) is 0 Å². The molecule has 0 aromatic heterocycles. The minimum atomic E-state index is -0.488. The van der Waals surface area contributed by atoms with Gasteiger partial charge in [-0.1, -0.05) is 13.2 Å². The summed E-state index contributed by atoms with van der Waals surface area (Å²) in [5.41, 5.74) is 12.4.